The summed E-state index contributed by atoms with van der Waals surface area (Å²) < 4.78 is 1.08. The Morgan fingerprint density at radius 2 is 2.06 bits per heavy atom. The van der Waals surface area contributed by atoms with Crippen LogP contribution in [-0.2, 0) is 0 Å². The lowest BCUT2D eigenvalue weighted by Gasteiger charge is -2.13. The van der Waals surface area contributed by atoms with Gasteiger partial charge in [-0.15, -0.1) is 0 Å². The summed E-state index contributed by atoms with van der Waals surface area (Å²) in [6, 6.07) is 6.02. The number of halogens is 1. The molecular weight excluding hydrogens is 255 g/mol. The van der Waals surface area contributed by atoms with Crippen molar-refractivity contribution in [2.45, 2.75) is 38.3 Å². The van der Waals surface area contributed by atoms with Gasteiger partial charge < -0.3 is 0 Å². The van der Waals surface area contributed by atoms with Crippen LogP contribution < -0.4 is 0 Å². The molecule has 0 spiro atoms. The highest BCUT2D eigenvalue weighted by atomic mass is 35.5. The molecule has 1 unspecified atom stereocenters. The number of thiocarbonyl (C=S) groups is 1. The van der Waals surface area contributed by atoms with Crippen LogP contribution in [0.4, 0.5) is 0 Å². The van der Waals surface area contributed by atoms with Crippen molar-refractivity contribution in [2.24, 2.45) is 0 Å². The van der Waals surface area contributed by atoms with E-state index in [9.17, 15) is 0 Å². The van der Waals surface area contributed by atoms with Gasteiger partial charge in [-0.05, 0) is 37.1 Å². The maximum absolute atomic E-state index is 6.23. The molecular formula is C13H16ClPS. The Bertz CT molecular complexity index is 377. The highest BCUT2D eigenvalue weighted by Gasteiger charge is 2.19. The second-order valence-electron chi connectivity index (χ2n) is 4.39. The lowest BCUT2D eigenvalue weighted by molar-refractivity contribution is 0.886. The van der Waals surface area contributed by atoms with Gasteiger partial charge in [-0.2, -0.15) is 0 Å². The van der Waals surface area contributed by atoms with Gasteiger partial charge in [-0.25, -0.2) is 0 Å². The number of hydrogen-bond acceptors (Lipinski definition) is 1. The molecule has 1 aromatic carbocycles. The highest BCUT2D eigenvalue weighted by Crippen LogP contribution is 2.39. The molecule has 0 N–H and O–H groups in total. The molecule has 16 heavy (non-hydrogen) atoms. The van der Waals surface area contributed by atoms with E-state index in [-0.39, 0.29) is 0 Å². The van der Waals surface area contributed by atoms with E-state index in [4.69, 9.17) is 23.8 Å². The normalized spacial score (nSPS) is 17.4. The van der Waals surface area contributed by atoms with Crippen molar-refractivity contribution in [1.29, 1.82) is 0 Å². The molecule has 1 aromatic rings. The lowest BCUT2D eigenvalue weighted by atomic mass is 10.1. The Kier molecular flexibility index (Phi) is 4.35. The molecule has 0 aliphatic heterocycles. The minimum absolute atomic E-state index is 0.777. The van der Waals surface area contributed by atoms with Crippen molar-refractivity contribution < 1.29 is 0 Å². The zero-order chi connectivity index (χ0) is 11.5. The third-order valence-corrected chi connectivity index (χ3v) is 5.51. The molecule has 1 aliphatic carbocycles. The third-order valence-electron chi connectivity index (χ3n) is 3.14. The first kappa shape index (κ1) is 12.5. The zero-order valence-electron chi connectivity index (χ0n) is 9.42. The summed E-state index contributed by atoms with van der Waals surface area (Å²) in [5.41, 5.74) is 3.15. The van der Waals surface area contributed by atoms with Crippen LogP contribution in [0.3, 0.4) is 0 Å². The fraction of sp³-hybridized carbons (Fsp3) is 0.462. The standard InChI is InChI=1S/C13H16ClPS/c1-9-5-4-8-11(14)12(9)13(16)15-10-6-2-3-7-10/h4-5,8,10,15H,2-3,6-7H2,1H3. The van der Waals surface area contributed by atoms with Crippen LogP contribution in [0.1, 0.15) is 36.8 Å². The van der Waals surface area contributed by atoms with Gasteiger partial charge in [0.05, 0.1) is 0 Å². The first-order chi connectivity index (χ1) is 7.68. The molecule has 0 bridgehead atoms. The molecule has 1 fully saturated rings. The molecule has 0 saturated heterocycles. The number of rotatable bonds is 3. The molecule has 3 heteroatoms. The second-order valence-corrected chi connectivity index (χ2v) is 7.17. The average molecular weight is 271 g/mol. The Labute approximate surface area is 110 Å². The lowest BCUT2D eigenvalue weighted by Crippen LogP contribution is -2.01. The second kappa shape index (κ2) is 5.58. The predicted molar refractivity (Wildman–Crippen MR) is 78.5 cm³/mol. The molecule has 1 atom stereocenters. The topological polar surface area (TPSA) is 0 Å². The van der Waals surface area contributed by atoms with Crippen LogP contribution in [0, 0.1) is 6.92 Å². The van der Waals surface area contributed by atoms with E-state index in [0.29, 0.717) is 0 Å². The first-order valence-electron chi connectivity index (χ1n) is 5.74. The molecule has 0 heterocycles. The zero-order valence-corrected chi connectivity index (χ0v) is 12.0. The van der Waals surface area contributed by atoms with Crippen molar-refractivity contribution in [1.82, 2.24) is 0 Å². The van der Waals surface area contributed by atoms with Crippen LogP contribution in [0.25, 0.3) is 0 Å². The summed E-state index contributed by atoms with van der Waals surface area (Å²) in [5, 5.41) is 0.815. The monoisotopic (exact) mass is 270 g/mol. The average Bonchev–Trinajstić information content (AvgIpc) is 2.70. The number of aryl methyl sites for hydroxylation is 1. The van der Waals surface area contributed by atoms with E-state index in [2.05, 4.69) is 13.0 Å². The van der Waals surface area contributed by atoms with Crippen LogP contribution in [0.2, 0.25) is 5.02 Å². The molecule has 1 aliphatic rings. The Morgan fingerprint density at radius 3 is 2.69 bits per heavy atom. The van der Waals surface area contributed by atoms with Crippen LogP contribution in [0.5, 0.6) is 0 Å². The van der Waals surface area contributed by atoms with Crippen molar-refractivity contribution >= 4 is 37.0 Å². The fourth-order valence-electron chi connectivity index (χ4n) is 2.25. The molecule has 86 valence electrons. The molecule has 0 nitrogen and oxygen atoms in total. The summed E-state index contributed by atoms with van der Waals surface area (Å²) in [4.78, 5) is 0. The first-order valence-corrected chi connectivity index (χ1v) is 7.61. The van der Waals surface area contributed by atoms with E-state index in [1.807, 2.05) is 12.1 Å². The van der Waals surface area contributed by atoms with Crippen molar-refractivity contribution in [2.75, 3.05) is 0 Å². The van der Waals surface area contributed by atoms with Crippen molar-refractivity contribution in [3.63, 3.8) is 0 Å². The van der Waals surface area contributed by atoms with Crippen molar-refractivity contribution in [3.05, 3.63) is 34.3 Å². The largest absolute Gasteiger partial charge is 0.0836 e. The van der Waals surface area contributed by atoms with E-state index in [1.165, 1.54) is 31.2 Å². The number of hydrogen-bond donors (Lipinski definition) is 0. The van der Waals surface area contributed by atoms with Gasteiger partial charge in [0, 0.05) is 15.2 Å². The summed E-state index contributed by atoms with van der Waals surface area (Å²) in [6.07, 6.45) is 5.45. The highest BCUT2D eigenvalue weighted by molar-refractivity contribution is 7.94. The molecule has 1 saturated carbocycles. The van der Waals surface area contributed by atoms with E-state index in [1.54, 1.807) is 0 Å². The summed E-state index contributed by atoms with van der Waals surface area (Å²) in [5.74, 6) is 0. The quantitative estimate of drug-likeness (QED) is 0.553. The van der Waals surface area contributed by atoms with E-state index >= 15 is 0 Å². The molecule has 2 rings (SSSR count). The van der Waals surface area contributed by atoms with Gasteiger partial charge in [0.1, 0.15) is 0 Å². The van der Waals surface area contributed by atoms with E-state index < -0.39 is 0 Å². The SMILES string of the molecule is Cc1cccc(Cl)c1C(=S)PC1CCCC1. The predicted octanol–water partition coefficient (Wildman–Crippen LogP) is 4.95. The maximum atomic E-state index is 6.23. The van der Waals surface area contributed by atoms with Crippen LogP contribution in [0.15, 0.2) is 18.2 Å². The number of benzene rings is 1. The van der Waals surface area contributed by atoms with Gasteiger partial charge >= 0.3 is 0 Å². The van der Waals surface area contributed by atoms with Gasteiger partial charge in [0.25, 0.3) is 0 Å². The fourth-order valence-corrected chi connectivity index (χ4v) is 5.01. The Balaban J connectivity index is 2.13. The van der Waals surface area contributed by atoms with Gasteiger partial charge in [-0.3, -0.25) is 0 Å². The molecule has 0 radical (unpaired) electrons. The third kappa shape index (κ3) is 2.83. The smallest absolute Gasteiger partial charge is 0.0495 e. The Hall–Kier alpha value is 0.0300. The summed E-state index contributed by atoms with van der Waals surface area (Å²) >= 11 is 11.8. The minimum atomic E-state index is 0.777. The van der Waals surface area contributed by atoms with Crippen LogP contribution in [-0.4, -0.2) is 10.3 Å². The van der Waals surface area contributed by atoms with Gasteiger partial charge in [0.2, 0.25) is 0 Å². The maximum Gasteiger partial charge on any atom is 0.0495 e. The van der Waals surface area contributed by atoms with Gasteiger partial charge in [-0.1, -0.05) is 57.4 Å². The van der Waals surface area contributed by atoms with Crippen molar-refractivity contribution in [3.8, 4) is 0 Å². The molecule has 0 amide bonds. The van der Waals surface area contributed by atoms with E-state index in [0.717, 1.165) is 29.4 Å². The van der Waals surface area contributed by atoms with Gasteiger partial charge in [0.15, 0.2) is 0 Å². The Morgan fingerprint density at radius 1 is 1.38 bits per heavy atom. The molecule has 0 aromatic heterocycles. The van der Waals surface area contributed by atoms with Crippen LogP contribution >= 0.6 is 32.4 Å². The summed E-state index contributed by atoms with van der Waals surface area (Å²) in [6.45, 7) is 2.09. The summed E-state index contributed by atoms with van der Waals surface area (Å²) in [7, 11) is 0.777. The minimum Gasteiger partial charge on any atom is -0.0836 e.